The Morgan fingerprint density at radius 2 is 1.88 bits per heavy atom. The highest BCUT2D eigenvalue weighted by Gasteiger charge is 2.35. The lowest BCUT2D eigenvalue weighted by Gasteiger charge is -2.24. The van der Waals surface area contributed by atoms with Gasteiger partial charge in [-0.2, -0.15) is 13.2 Å². The zero-order valence-corrected chi connectivity index (χ0v) is 13.2. The lowest BCUT2D eigenvalue weighted by molar-refractivity contribution is -0.137. The SMILES string of the molecule is O=C(c1cccc(C(F)(F)F)c1)N1CCSC1c1ccccc1F. The average Bonchev–Trinajstić information content (AvgIpc) is 3.03. The van der Waals surface area contributed by atoms with Crippen LogP contribution < -0.4 is 0 Å². The van der Waals surface area contributed by atoms with Crippen LogP contribution in [0.3, 0.4) is 0 Å². The average molecular weight is 355 g/mol. The van der Waals surface area contributed by atoms with Gasteiger partial charge in [-0.3, -0.25) is 4.79 Å². The van der Waals surface area contributed by atoms with Crippen LogP contribution in [0.5, 0.6) is 0 Å². The number of halogens is 4. The van der Waals surface area contributed by atoms with Gasteiger partial charge < -0.3 is 4.90 Å². The number of rotatable bonds is 2. The minimum Gasteiger partial charge on any atom is -0.322 e. The van der Waals surface area contributed by atoms with Gasteiger partial charge in [0, 0.05) is 23.4 Å². The molecule has 2 aromatic rings. The minimum atomic E-state index is -4.51. The van der Waals surface area contributed by atoms with Crippen molar-refractivity contribution in [1.82, 2.24) is 4.90 Å². The molecule has 1 atom stereocenters. The molecule has 0 aliphatic carbocycles. The molecule has 1 aliphatic heterocycles. The summed E-state index contributed by atoms with van der Waals surface area (Å²) in [6.45, 7) is 0.360. The summed E-state index contributed by atoms with van der Waals surface area (Å²) < 4.78 is 52.5. The Morgan fingerprint density at radius 3 is 2.58 bits per heavy atom. The molecule has 1 unspecified atom stereocenters. The Balaban J connectivity index is 1.91. The first-order chi connectivity index (χ1) is 11.4. The van der Waals surface area contributed by atoms with Crippen LogP contribution in [0.2, 0.25) is 0 Å². The molecule has 1 amide bonds. The molecule has 2 aromatic carbocycles. The molecule has 126 valence electrons. The molecule has 2 nitrogen and oxygen atoms in total. The van der Waals surface area contributed by atoms with Gasteiger partial charge in [0.05, 0.1) is 5.56 Å². The van der Waals surface area contributed by atoms with E-state index in [9.17, 15) is 22.4 Å². The zero-order valence-electron chi connectivity index (χ0n) is 12.4. The van der Waals surface area contributed by atoms with Crippen LogP contribution in [-0.2, 0) is 6.18 Å². The highest BCUT2D eigenvalue weighted by atomic mass is 32.2. The summed E-state index contributed by atoms with van der Waals surface area (Å²) in [5.74, 6) is -0.359. The van der Waals surface area contributed by atoms with Gasteiger partial charge in [0.15, 0.2) is 0 Å². The highest BCUT2D eigenvalue weighted by molar-refractivity contribution is 7.99. The molecule has 1 heterocycles. The van der Waals surface area contributed by atoms with Gasteiger partial charge in [-0.25, -0.2) is 4.39 Å². The third-order valence-corrected chi connectivity index (χ3v) is 5.00. The maximum Gasteiger partial charge on any atom is 0.416 e. The van der Waals surface area contributed by atoms with Crippen LogP contribution >= 0.6 is 11.8 Å². The molecule has 24 heavy (non-hydrogen) atoms. The molecule has 0 spiro atoms. The van der Waals surface area contributed by atoms with E-state index in [4.69, 9.17) is 0 Å². The first-order valence-corrected chi connectivity index (χ1v) is 8.27. The van der Waals surface area contributed by atoms with E-state index in [0.29, 0.717) is 17.9 Å². The summed E-state index contributed by atoms with van der Waals surface area (Å²) in [6, 6.07) is 10.4. The number of nitrogens with zero attached hydrogens (tertiary/aromatic N) is 1. The van der Waals surface area contributed by atoms with Crippen LogP contribution in [0.25, 0.3) is 0 Å². The molecule has 3 rings (SSSR count). The summed E-state index contributed by atoms with van der Waals surface area (Å²) in [5.41, 5.74) is -0.559. The van der Waals surface area contributed by atoms with Gasteiger partial charge in [-0.15, -0.1) is 11.8 Å². The van der Waals surface area contributed by atoms with E-state index in [1.165, 1.54) is 34.9 Å². The quantitative estimate of drug-likeness (QED) is 0.726. The number of benzene rings is 2. The predicted molar refractivity (Wildman–Crippen MR) is 84.1 cm³/mol. The molecular weight excluding hydrogens is 342 g/mol. The number of carbonyl (C=O) groups excluding carboxylic acids is 1. The van der Waals surface area contributed by atoms with Gasteiger partial charge >= 0.3 is 6.18 Å². The van der Waals surface area contributed by atoms with Gasteiger partial charge in [0.25, 0.3) is 5.91 Å². The van der Waals surface area contributed by atoms with Crippen LogP contribution in [0.4, 0.5) is 17.6 Å². The monoisotopic (exact) mass is 355 g/mol. The first-order valence-electron chi connectivity index (χ1n) is 7.22. The Labute approximate surface area is 140 Å². The van der Waals surface area contributed by atoms with E-state index >= 15 is 0 Å². The molecule has 0 radical (unpaired) electrons. The number of carbonyl (C=O) groups is 1. The van der Waals surface area contributed by atoms with Crippen molar-refractivity contribution in [2.75, 3.05) is 12.3 Å². The summed E-state index contributed by atoms with van der Waals surface area (Å²) in [5, 5.41) is -0.534. The highest BCUT2D eigenvalue weighted by Crippen LogP contribution is 2.40. The fourth-order valence-corrected chi connectivity index (χ4v) is 3.88. The van der Waals surface area contributed by atoms with Crippen LogP contribution in [0.15, 0.2) is 48.5 Å². The van der Waals surface area contributed by atoms with Gasteiger partial charge in [-0.1, -0.05) is 24.3 Å². The molecule has 1 aliphatic rings. The van der Waals surface area contributed by atoms with Crippen molar-refractivity contribution in [2.45, 2.75) is 11.6 Å². The molecule has 0 aromatic heterocycles. The third-order valence-electron chi connectivity index (χ3n) is 3.76. The second-order valence-corrected chi connectivity index (χ2v) is 6.51. The lowest BCUT2D eigenvalue weighted by Crippen LogP contribution is -2.31. The van der Waals surface area contributed by atoms with Gasteiger partial charge in [0.2, 0.25) is 0 Å². The van der Waals surface area contributed by atoms with E-state index < -0.39 is 28.8 Å². The summed E-state index contributed by atoms with van der Waals surface area (Å²) >= 11 is 1.39. The molecule has 7 heteroatoms. The van der Waals surface area contributed by atoms with Crippen LogP contribution in [0.1, 0.15) is 26.9 Å². The number of thioether (sulfide) groups is 1. The molecule has 1 saturated heterocycles. The molecule has 0 saturated carbocycles. The molecule has 0 N–H and O–H groups in total. The number of alkyl halides is 3. The van der Waals surface area contributed by atoms with E-state index in [1.807, 2.05) is 0 Å². The van der Waals surface area contributed by atoms with Crippen molar-refractivity contribution >= 4 is 17.7 Å². The lowest BCUT2D eigenvalue weighted by atomic mass is 10.1. The standard InChI is InChI=1S/C17H13F4NOS/c18-14-7-2-1-6-13(14)16-22(8-9-24-16)15(23)11-4-3-5-12(10-11)17(19,20)21/h1-7,10,16H,8-9H2. The summed E-state index contributed by atoms with van der Waals surface area (Å²) in [7, 11) is 0. The number of hydrogen-bond acceptors (Lipinski definition) is 2. The normalized spacial score (nSPS) is 18.0. The van der Waals surface area contributed by atoms with Crippen molar-refractivity contribution in [3.05, 3.63) is 71.0 Å². The van der Waals surface area contributed by atoms with Crippen molar-refractivity contribution in [3.63, 3.8) is 0 Å². The van der Waals surface area contributed by atoms with E-state index in [0.717, 1.165) is 12.1 Å². The fourth-order valence-electron chi connectivity index (χ4n) is 2.61. The van der Waals surface area contributed by atoms with Crippen molar-refractivity contribution < 1.29 is 22.4 Å². The minimum absolute atomic E-state index is 0.0475. The van der Waals surface area contributed by atoms with Gasteiger partial charge in [-0.05, 0) is 24.3 Å². The third kappa shape index (κ3) is 3.26. The summed E-state index contributed by atoms with van der Waals surface area (Å²) in [4.78, 5) is 14.1. The van der Waals surface area contributed by atoms with Crippen molar-refractivity contribution in [3.8, 4) is 0 Å². The second-order valence-electron chi connectivity index (χ2n) is 5.32. The maximum atomic E-state index is 14.0. The summed E-state index contributed by atoms with van der Waals surface area (Å²) in [6.07, 6.45) is -4.51. The Hall–Kier alpha value is -2.02. The largest absolute Gasteiger partial charge is 0.416 e. The zero-order chi connectivity index (χ0) is 17.3. The van der Waals surface area contributed by atoms with Crippen LogP contribution in [-0.4, -0.2) is 23.1 Å². The number of hydrogen-bond donors (Lipinski definition) is 0. The van der Waals surface area contributed by atoms with Crippen LogP contribution in [0, 0.1) is 5.82 Å². The Kier molecular flexibility index (Phi) is 4.54. The molecule has 0 bridgehead atoms. The Bertz CT molecular complexity index is 762. The maximum absolute atomic E-state index is 14.0. The smallest absolute Gasteiger partial charge is 0.322 e. The molecule has 1 fully saturated rings. The van der Waals surface area contributed by atoms with E-state index in [2.05, 4.69) is 0 Å². The van der Waals surface area contributed by atoms with Crippen molar-refractivity contribution in [2.24, 2.45) is 0 Å². The molecular formula is C17H13F4NOS. The number of amides is 1. The van der Waals surface area contributed by atoms with Crippen molar-refractivity contribution in [1.29, 1.82) is 0 Å². The van der Waals surface area contributed by atoms with Gasteiger partial charge in [0.1, 0.15) is 11.2 Å². The van der Waals surface area contributed by atoms with E-state index in [1.54, 1.807) is 18.2 Å². The topological polar surface area (TPSA) is 20.3 Å². The first kappa shape index (κ1) is 16.8. The fraction of sp³-hybridized carbons (Fsp3) is 0.235. The Morgan fingerprint density at radius 1 is 1.12 bits per heavy atom. The second kappa shape index (κ2) is 6.47. The van der Waals surface area contributed by atoms with E-state index in [-0.39, 0.29) is 5.56 Å². The predicted octanol–water partition coefficient (Wildman–Crippen LogP) is 4.73.